The van der Waals surface area contributed by atoms with Crippen molar-refractivity contribution in [2.45, 2.75) is 149 Å². The Bertz CT molecular complexity index is 6420. The van der Waals surface area contributed by atoms with Crippen molar-refractivity contribution >= 4 is 67.8 Å². The summed E-state index contributed by atoms with van der Waals surface area (Å²) in [5, 5.41) is 27.5. The van der Waals surface area contributed by atoms with Crippen molar-refractivity contribution in [3.8, 4) is 45.0 Å². The van der Waals surface area contributed by atoms with Gasteiger partial charge in [-0.25, -0.2) is 33.1 Å². The molecule has 4 aliphatic heterocycles. The third kappa shape index (κ3) is 19.7. The molecule has 24 nitrogen and oxygen atoms in total. The van der Waals surface area contributed by atoms with Crippen molar-refractivity contribution in [2.75, 3.05) is 26.2 Å². The summed E-state index contributed by atoms with van der Waals surface area (Å²) in [7, 11) is 0. The average molecular weight is 1690 g/mol. The lowest BCUT2D eigenvalue weighted by Crippen LogP contribution is -2.45. The molecule has 4 amide bonds. The van der Waals surface area contributed by atoms with Crippen LogP contribution in [0.4, 0.5) is 13.2 Å². The third-order valence-electron chi connectivity index (χ3n) is 25.3. The van der Waals surface area contributed by atoms with E-state index in [1.807, 2.05) is 101 Å². The van der Waals surface area contributed by atoms with Crippen LogP contribution in [0.1, 0.15) is 94.2 Å². The van der Waals surface area contributed by atoms with Gasteiger partial charge in [-0.2, -0.15) is 20.4 Å². The first-order valence-corrected chi connectivity index (χ1v) is 43.6. The van der Waals surface area contributed by atoms with Crippen molar-refractivity contribution in [2.24, 2.45) is 23.7 Å². The van der Waals surface area contributed by atoms with Crippen molar-refractivity contribution in [1.82, 2.24) is 98.6 Å². The van der Waals surface area contributed by atoms with Gasteiger partial charge < -0.3 is 37.9 Å². The highest BCUT2D eigenvalue weighted by Gasteiger charge is 2.37. The number of piperidine rings is 1. The number of nitrogens with zero attached hydrogens (tertiary/aromatic N) is 16. The predicted molar refractivity (Wildman–Crippen MR) is 481 cm³/mol. The molecule has 0 saturated carbocycles. The standard InChI is InChI=1S/C27H31N5O.3C24H24FN5O/c1-19-16-22(12-15-32(19)27(33)11-8-21-6-4-3-5-7-21)18-31-14-13-25-26(31)10-9-24(29-25)23-17-28-30-20(23)2;1-16-10-18(15-30(16)24(31)11-17-2-4-20(25)5-3-17)14-29-9-8-22-23(29)7-6-21(28-22)19-12-26-27-13-19;1-16-9-18(15-30(16)24(31)11-17-3-2-4-20(25)10-17)14-29-8-7-22-23(29)6-5-21(28-22)19-12-26-27-13-19;1-16-10-17(15-30(16)24(31)11-18-4-2-3-5-20(18)25)14-29-9-8-22-23(29)7-6-21(28-22)19-12-26-27-13-19/h3-7,9-10,13-14,17,19,22H,8,11-12,15-16,18H2,1-2H3,(H,28,30);2-9,12-13,16,18H,10-11,14-15H2,1H3,(H,26,27);2-8,10,12-13,16,18H,9,11,14-15H2,1H3,(H,26,27);2-9,12-13,16-17H,10-11,14-15H2,1H3,(H,26,27). The molecule has 4 fully saturated rings. The highest BCUT2D eigenvalue weighted by atomic mass is 19.1. The minimum atomic E-state index is -0.319. The molecule has 4 aliphatic rings. The van der Waals surface area contributed by atoms with E-state index in [1.54, 1.807) is 61.1 Å². The van der Waals surface area contributed by atoms with Gasteiger partial charge in [-0.1, -0.05) is 72.8 Å². The number of rotatable bonds is 21. The van der Waals surface area contributed by atoms with Crippen LogP contribution in [0.15, 0.2) is 244 Å². The van der Waals surface area contributed by atoms with Gasteiger partial charge in [-0.3, -0.25) is 39.6 Å². The fraction of sp³-hybridized carbons (Fsp3) is 0.313. The van der Waals surface area contributed by atoms with Crippen LogP contribution in [0.5, 0.6) is 0 Å². The van der Waals surface area contributed by atoms with Gasteiger partial charge in [-0.05, 0) is 222 Å². The van der Waals surface area contributed by atoms with E-state index in [-0.39, 0.29) is 78.1 Å². The normalized spacial score (nSPS) is 18.7. The van der Waals surface area contributed by atoms with Gasteiger partial charge in [0, 0.05) is 154 Å². The quantitative estimate of drug-likeness (QED) is 0.0523. The van der Waals surface area contributed by atoms with Crippen molar-refractivity contribution < 1.29 is 32.3 Å². The van der Waals surface area contributed by atoms with E-state index >= 15 is 0 Å². The summed E-state index contributed by atoms with van der Waals surface area (Å²) in [6.45, 7) is 16.9. The number of benzene rings is 4. The van der Waals surface area contributed by atoms with Crippen LogP contribution in [0.2, 0.25) is 0 Å². The molecule has 4 saturated heterocycles. The van der Waals surface area contributed by atoms with E-state index in [0.29, 0.717) is 48.6 Å². The summed E-state index contributed by atoms with van der Waals surface area (Å²) in [6, 6.07) is 54.8. The van der Waals surface area contributed by atoms with Crippen molar-refractivity contribution in [3.63, 3.8) is 0 Å². The molecule has 0 aliphatic carbocycles. The second kappa shape index (κ2) is 38.1. The van der Waals surface area contributed by atoms with E-state index in [0.717, 1.165) is 190 Å². The Morgan fingerprint density at radius 1 is 0.389 bits per heavy atom. The second-order valence-corrected chi connectivity index (χ2v) is 34.3. The first kappa shape index (κ1) is 84.4. The summed E-state index contributed by atoms with van der Waals surface area (Å²) < 4.78 is 49.5. The second-order valence-electron chi connectivity index (χ2n) is 34.3. The number of likely N-dealkylation sites (tertiary alicyclic amines) is 4. The lowest BCUT2D eigenvalue weighted by atomic mass is 9.91. The zero-order valence-corrected chi connectivity index (χ0v) is 71.4. The Morgan fingerprint density at radius 3 is 1.25 bits per heavy atom. The molecule has 16 heterocycles. The zero-order chi connectivity index (χ0) is 86.9. The van der Waals surface area contributed by atoms with Crippen LogP contribution in [-0.2, 0) is 71.0 Å². The van der Waals surface area contributed by atoms with E-state index in [4.69, 9.17) is 19.9 Å². The summed E-state index contributed by atoms with van der Waals surface area (Å²) >= 11 is 0. The molecule has 20 rings (SSSR count). The Kier molecular flexibility index (Phi) is 25.5. The summed E-state index contributed by atoms with van der Waals surface area (Å²) in [6.07, 6.45) is 28.0. The molecule has 16 aromatic rings. The fourth-order valence-corrected chi connectivity index (χ4v) is 18.9. The van der Waals surface area contributed by atoms with Crippen LogP contribution in [-0.4, -0.2) is 173 Å². The maximum atomic E-state index is 13.9. The number of hydrogen-bond acceptors (Lipinski definition) is 12. The molecular formula is C99H103F3N20O4. The lowest BCUT2D eigenvalue weighted by molar-refractivity contribution is -0.135. The Balaban J connectivity index is 0.000000119. The number of aromatic nitrogens is 16. The van der Waals surface area contributed by atoms with Gasteiger partial charge in [-0.15, -0.1) is 0 Å². The van der Waals surface area contributed by atoms with Gasteiger partial charge in [0.25, 0.3) is 0 Å². The molecule has 27 heteroatoms. The highest BCUT2D eigenvalue weighted by Crippen LogP contribution is 2.35. The number of carbonyl (C=O) groups is 4. The molecule has 0 radical (unpaired) electrons. The van der Waals surface area contributed by atoms with Gasteiger partial charge in [0.05, 0.1) is 111 Å². The Hall–Kier alpha value is -13.9. The van der Waals surface area contributed by atoms with Crippen molar-refractivity contribution in [1.29, 1.82) is 0 Å². The molecule has 0 spiro atoms. The van der Waals surface area contributed by atoms with Gasteiger partial charge in [0.1, 0.15) is 17.5 Å². The number of aromatic amines is 4. The average Bonchev–Trinajstić information content (AvgIpc) is 1.65. The molecule has 0 bridgehead atoms. The summed E-state index contributed by atoms with van der Waals surface area (Å²) in [4.78, 5) is 78.3. The molecule has 8 atom stereocenters. The van der Waals surface area contributed by atoms with E-state index < -0.39 is 0 Å². The largest absolute Gasteiger partial charge is 0.346 e. The van der Waals surface area contributed by atoms with Gasteiger partial charge in [0.15, 0.2) is 0 Å². The number of halogens is 3. The zero-order valence-electron chi connectivity index (χ0n) is 71.4. The fourth-order valence-electron chi connectivity index (χ4n) is 18.9. The maximum absolute atomic E-state index is 13.9. The third-order valence-corrected chi connectivity index (χ3v) is 25.3. The first-order chi connectivity index (χ1) is 61.3. The molecule has 8 unspecified atom stereocenters. The van der Waals surface area contributed by atoms with E-state index in [2.05, 4.69) is 165 Å². The van der Waals surface area contributed by atoms with Crippen LogP contribution in [0.3, 0.4) is 0 Å². The predicted octanol–water partition coefficient (Wildman–Crippen LogP) is 17.1. The number of carbonyl (C=O) groups excluding carboxylic acids is 4. The first-order valence-electron chi connectivity index (χ1n) is 43.6. The topological polar surface area (TPSA) is 267 Å². The molecule has 4 aromatic carbocycles. The summed E-state index contributed by atoms with van der Waals surface area (Å²) in [5.41, 5.74) is 20.1. The van der Waals surface area contributed by atoms with Crippen LogP contribution >= 0.6 is 0 Å². The number of hydrogen-bond donors (Lipinski definition) is 4. The van der Waals surface area contributed by atoms with Crippen LogP contribution in [0, 0.1) is 48.0 Å². The number of pyridine rings is 4. The van der Waals surface area contributed by atoms with Crippen molar-refractivity contribution in [3.05, 3.63) is 289 Å². The molecular weight excluding hydrogens is 1590 g/mol. The minimum absolute atomic E-state index is 0.0103. The van der Waals surface area contributed by atoms with Gasteiger partial charge >= 0.3 is 0 Å². The smallest absolute Gasteiger partial charge is 0.227 e. The van der Waals surface area contributed by atoms with Crippen LogP contribution < -0.4 is 0 Å². The number of aryl methyl sites for hydroxylation is 2. The SMILES string of the molecule is CC1CC(Cn2ccc3nc(-c4cn[nH]c4)ccc32)CN1C(=O)Cc1ccc(F)cc1.CC1CC(Cn2ccc3nc(-c4cn[nH]c4)ccc32)CN1C(=O)Cc1cccc(F)c1.CC1CC(Cn2ccc3nc(-c4cn[nH]c4)ccc32)CN1C(=O)Cc1ccccc1F.Cc1[nH]ncc1-c1ccc2c(ccn2CC2CCN(C(=O)CCc3ccccc3)C(C)C2)n1. The highest BCUT2D eigenvalue weighted by molar-refractivity contribution is 5.85. The Morgan fingerprint density at radius 2 is 0.810 bits per heavy atom. The van der Waals surface area contributed by atoms with Gasteiger partial charge in [0.2, 0.25) is 23.6 Å². The van der Waals surface area contributed by atoms with E-state index in [1.165, 1.54) is 35.9 Å². The number of H-pyrrole nitrogens is 4. The molecule has 4 N–H and O–H groups in total. The maximum Gasteiger partial charge on any atom is 0.227 e. The molecule has 12 aromatic heterocycles. The summed E-state index contributed by atoms with van der Waals surface area (Å²) in [5.74, 6) is 1.19. The molecule has 126 heavy (non-hydrogen) atoms. The van der Waals surface area contributed by atoms with Crippen LogP contribution in [0.25, 0.3) is 89.2 Å². The molecule has 644 valence electrons. The number of amides is 4. The number of fused-ring (bicyclic) bond motifs is 4. The minimum Gasteiger partial charge on any atom is -0.346 e. The van der Waals surface area contributed by atoms with E-state index in [9.17, 15) is 32.3 Å². The lowest BCUT2D eigenvalue weighted by Gasteiger charge is -2.38. The Labute approximate surface area is 728 Å². The monoisotopic (exact) mass is 1690 g/mol. The number of nitrogens with one attached hydrogen (secondary N) is 4.